The highest BCUT2D eigenvalue weighted by Crippen LogP contribution is 2.20. The minimum absolute atomic E-state index is 0.0638. The number of nitrogens with zero attached hydrogens (tertiary/aromatic N) is 1. The molecule has 7 nitrogen and oxygen atoms in total. The highest BCUT2D eigenvalue weighted by atomic mass is 35.5. The Hall–Kier alpha value is -3.32. The fourth-order valence-corrected chi connectivity index (χ4v) is 3.61. The zero-order chi connectivity index (χ0) is 23.6. The summed E-state index contributed by atoms with van der Waals surface area (Å²) in [6, 6.07) is 13.7. The van der Waals surface area contributed by atoms with E-state index < -0.39 is 6.16 Å². The van der Waals surface area contributed by atoms with E-state index in [0.29, 0.717) is 41.9 Å². The number of hydrogen-bond acceptors (Lipinski definition) is 5. The van der Waals surface area contributed by atoms with Crippen molar-refractivity contribution in [1.29, 1.82) is 0 Å². The third-order valence-electron chi connectivity index (χ3n) is 5.33. The molecule has 1 aliphatic heterocycles. The van der Waals surface area contributed by atoms with Crippen molar-refractivity contribution in [2.24, 2.45) is 5.92 Å². The molecule has 0 atom stereocenters. The van der Waals surface area contributed by atoms with E-state index >= 15 is 0 Å². The van der Waals surface area contributed by atoms with E-state index in [-0.39, 0.29) is 18.4 Å². The van der Waals surface area contributed by atoms with Crippen LogP contribution in [0.4, 0.5) is 4.79 Å². The lowest BCUT2D eigenvalue weighted by molar-refractivity contribution is -0.116. The number of ether oxygens (including phenoxy) is 2. The van der Waals surface area contributed by atoms with Gasteiger partial charge in [-0.1, -0.05) is 23.7 Å². The summed E-state index contributed by atoms with van der Waals surface area (Å²) in [7, 11) is 0. The first-order valence-electron chi connectivity index (χ1n) is 10.9. The monoisotopic (exact) mass is 470 g/mol. The normalized spacial score (nSPS) is 14.2. The largest absolute Gasteiger partial charge is 0.513 e. The van der Waals surface area contributed by atoms with Crippen molar-refractivity contribution in [3.05, 3.63) is 70.8 Å². The predicted octanol–water partition coefficient (Wildman–Crippen LogP) is 4.56. The summed E-state index contributed by atoms with van der Waals surface area (Å²) in [6.07, 6.45) is 4.12. The maximum absolute atomic E-state index is 12.8. The maximum atomic E-state index is 12.8. The zero-order valence-corrected chi connectivity index (χ0v) is 19.2. The van der Waals surface area contributed by atoms with E-state index in [9.17, 15) is 14.4 Å². The van der Waals surface area contributed by atoms with Crippen LogP contribution in [0.3, 0.4) is 0 Å². The molecule has 1 N–H and O–H groups in total. The summed E-state index contributed by atoms with van der Waals surface area (Å²) in [4.78, 5) is 38.0. The lowest BCUT2D eigenvalue weighted by atomic mass is 9.96. The third kappa shape index (κ3) is 7.64. The topological polar surface area (TPSA) is 84.9 Å². The number of halogens is 1. The highest BCUT2D eigenvalue weighted by molar-refractivity contribution is 6.30. The smallest absolute Gasteiger partial charge is 0.434 e. The molecule has 0 saturated carbocycles. The second kappa shape index (κ2) is 12.1. The Morgan fingerprint density at radius 2 is 1.73 bits per heavy atom. The molecular formula is C25H27ClN2O5. The number of carbonyl (C=O) groups excluding carboxylic acids is 3. The van der Waals surface area contributed by atoms with Gasteiger partial charge in [0.05, 0.1) is 6.61 Å². The highest BCUT2D eigenvalue weighted by Gasteiger charge is 2.24. The van der Waals surface area contributed by atoms with Gasteiger partial charge in [0.25, 0.3) is 5.91 Å². The molecule has 0 aliphatic carbocycles. The van der Waals surface area contributed by atoms with Gasteiger partial charge in [-0.25, -0.2) is 4.79 Å². The number of amides is 2. The molecule has 1 aliphatic rings. The lowest BCUT2D eigenvalue weighted by Crippen LogP contribution is -2.41. The summed E-state index contributed by atoms with van der Waals surface area (Å²) >= 11 is 5.86. The first kappa shape index (κ1) is 24.3. The Bertz CT molecular complexity index is 981. The number of piperidine rings is 1. The van der Waals surface area contributed by atoms with Crippen LogP contribution >= 0.6 is 11.6 Å². The molecule has 2 aromatic rings. The van der Waals surface area contributed by atoms with Crippen LogP contribution in [0, 0.1) is 5.92 Å². The molecule has 2 amide bonds. The molecule has 1 heterocycles. The number of rotatable bonds is 7. The molecule has 33 heavy (non-hydrogen) atoms. The summed E-state index contributed by atoms with van der Waals surface area (Å²) < 4.78 is 9.74. The Labute approximate surface area is 198 Å². The third-order valence-corrected chi connectivity index (χ3v) is 5.58. The van der Waals surface area contributed by atoms with Crippen LogP contribution in [-0.4, -0.2) is 49.1 Å². The van der Waals surface area contributed by atoms with Crippen molar-refractivity contribution in [3.63, 3.8) is 0 Å². The van der Waals surface area contributed by atoms with Gasteiger partial charge in [0.1, 0.15) is 5.75 Å². The van der Waals surface area contributed by atoms with Gasteiger partial charge in [0.15, 0.2) is 0 Å². The Morgan fingerprint density at radius 3 is 2.36 bits per heavy atom. The van der Waals surface area contributed by atoms with Gasteiger partial charge in [0.2, 0.25) is 5.91 Å². The van der Waals surface area contributed by atoms with Gasteiger partial charge >= 0.3 is 6.16 Å². The van der Waals surface area contributed by atoms with Crippen molar-refractivity contribution in [1.82, 2.24) is 10.2 Å². The van der Waals surface area contributed by atoms with E-state index in [2.05, 4.69) is 5.32 Å². The Kier molecular flexibility index (Phi) is 8.89. The van der Waals surface area contributed by atoms with Crippen molar-refractivity contribution < 1.29 is 23.9 Å². The van der Waals surface area contributed by atoms with Crippen LogP contribution in [-0.2, 0) is 9.53 Å². The molecular weight excluding hydrogens is 444 g/mol. The van der Waals surface area contributed by atoms with Gasteiger partial charge in [0, 0.05) is 36.3 Å². The van der Waals surface area contributed by atoms with Crippen molar-refractivity contribution in [2.75, 3.05) is 26.2 Å². The minimum Gasteiger partial charge on any atom is -0.434 e. The lowest BCUT2D eigenvalue weighted by Gasteiger charge is -2.32. The summed E-state index contributed by atoms with van der Waals surface area (Å²) in [5.74, 6) is 0.437. The molecule has 0 bridgehead atoms. The summed E-state index contributed by atoms with van der Waals surface area (Å²) in [6.45, 7) is 3.75. The molecule has 0 radical (unpaired) electrons. The van der Waals surface area contributed by atoms with E-state index in [4.69, 9.17) is 21.1 Å². The maximum Gasteiger partial charge on any atom is 0.513 e. The zero-order valence-electron chi connectivity index (χ0n) is 18.5. The fourth-order valence-electron chi connectivity index (χ4n) is 3.48. The average molecular weight is 471 g/mol. The second-order valence-corrected chi connectivity index (χ2v) is 8.11. The first-order valence-corrected chi connectivity index (χ1v) is 11.3. The number of likely N-dealkylation sites (tertiary alicyclic amines) is 1. The number of carbonyl (C=O) groups is 3. The van der Waals surface area contributed by atoms with Crippen molar-refractivity contribution in [2.45, 2.75) is 19.8 Å². The number of hydrogen-bond donors (Lipinski definition) is 1. The second-order valence-electron chi connectivity index (χ2n) is 7.68. The van der Waals surface area contributed by atoms with Crippen LogP contribution in [0.2, 0.25) is 5.02 Å². The molecule has 174 valence electrons. The van der Waals surface area contributed by atoms with Gasteiger partial charge in [-0.05, 0) is 73.7 Å². The SMILES string of the molecule is CCOC(=O)Oc1ccc(C(=O)N2CCC(CNC(=O)/C=C/c3ccc(Cl)cc3)CC2)cc1. The number of nitrogens with one attached hydrogen (secondary N) is 1. The standard InChI is InChI=1S/C25H27ClN2O5/c1-2-32-25(31)33-22-10-6-20(7-11-22)24(30)28-15-13-19(14-16-28)17-27-23(29)12-5-18-3-8-21(26)9-4-18/h3-12,19H,2,13-17H2,1H3,(H,27,29)/b12-5+. The minimum atomic E-state index is -0.772. The Balaban J connectivity index is 1.40. The van der Waals surface area contributed by atoms with Crippen molar-refractivity contribution in [3.8, 4) is 5.75 Å². The quantitative estimate of drug-likeness (QED) is 0.364. The van der Waals surface area contributed by atoms with Crippen LogP contribution in [0.25, 0.3) is 6.08 Å². The van der Waals surface area contributed by atoms with E-state index in [1.165, 1.54) is 6.08 Å². The molecule has 1 fully saturated rings. The van der Waals surface area contributed by atoms with Crippen molar-refractivity contribution >= 4 is 35.6 Å². The van der Waals surface area contributed by atoms with Crippen LogP contribution < -0.4 is 10.1 Å². The molecule has 0 aromatic heterocycles. The van der Waals surface area contributed by atoms with E-state index in [0.717, 1.165) is 18.4 Å². The summed E-state index contributed by atoms with van der Waals surface area (Å²) in [5, 5.41) is 3.59. The molecule has 0 spiro atoms. The molecule has 1 saturated heterocycles. The van der Waals surface area contributed by atoms with Crippen LogP contribution in [0.1, 0.15) is 35.7 Å². The first-order chi connectivity index (χ1) is 15.9. The number of benzene rings is 2. The van der Waals surface area contributed by atoms with Gasteiger partial charge in [-0.2, -0.15) is 0 Å². The molecule has 2 aromatic carbocycles. The summed E-state index contributed by atoms with van der Waals surface area (Å²) in [5.41, 5.74) is 1.44. The van der Waals surface area contributed by atoms with Crippen LogP contribution in [0.5, 0.6) is 5.75 Å². The van der Waals surface area contributed by atoms with Gasteiger partial charge < -0.3 is 19.7 Å². The molecule has 0 unspecified atom stereocenters. The average Bonchev–Trinajstić information content (AvgIpc) is 2.83. The van der Waals surface area contributed by atoms with Crippen LogP contribution in [0.15, 0.2) is 54.6 Å². The molecule has 8 heteroatoms. The van der Waals surface area contributed by atoms with E-state index in [1.54, 1.807) is 54.3 Å². The fraction of sp³-hybridized carbons (Fsp3) is 0.320. The molecule has 3 rings (SSSR count). The predicted molar refractivity (Wildman–Crippen MR) is 126 cm³/mol. The van der Waals surface area contributed by atoms with E-state index in [1.807, 2.05) is 12.1 Å². The van der Waals surface area contributed by atoms with Gasteiger partial charge in [-0.15, -0.1) is 0 Å². The Morgan fingerprint density at radius 1 is 1.06 bits per heavy atom. The van der Waals surface area contributed by atoms with Gasteiger partial charge in [-0.3, -0.25) is 9.59 Å².